The number of aromatic nitrogens is 2. The van der Waals surface area contributed by atoms with Gasteiger partial charge in [-0.1, -0.05) is 24.1 Å². The molecule has 0 aliphatic heterocycles. The van der Waals surface area contributed by atoms with Crippen molar-refractivity contribution < 1.29 is 13.9 Å². The van der Waals surface area contributed by atoms with Crippen LogP contribution in [0.4, 0.5) is 21.6 Å². The third-order valence-corrected chi connectivity index (χ3v) is 5.91. The van der Waals surface area contributed by atoms with Gasteiger partial charge in [-0.25, -0.2) is 14.4 Å². The van der Waals surface area contributed by atoms with E-state index in [9.17, 15) is 9.18 Å². The molecule has 0 saturated heterocycles. The molecule has 0 unspecified atom stereocenters. The number of carbonyl (C=O) groups excluding carboxylic acids is 1. The average molecular weight is 484 g/mol. The number of benzene rings is 2. The van der Waals surface area contributed by atoms with E-state index in [0.29, 0.717) is 52.9 Å². The van der Waals surface area contributed by atoms with Gasteiger partial charge in [0.2, 0.25) is 5.91 Å². The molecular formula is C25H27ClFN5O2. The fourth-order valence-electron chi connectivity index (χ4n) is 3.52. The van der Waals surface area contributed by atoms with Crippen LogP contribution in [0.2, 0.25) is 5.02 Å². The summed E-state index contributed by atoms with van der Waals surface area (Å²) in [5, 5.41) is 6.76. The Bertz CT molecular complexity index is 1210. The summed E-state index contributed by atoms with van der Waals surface area (Å²) in [5.41, 5.74) is 1.76. The van der Waals surface area contributed by atoms with Crippen molar-refractivity contribution >= 4 is 45.6 Å². The zero-order valence-corrected chi connectivity index (χ0v) is 19.9. The number of carbonyl (C=O) groups is 1. The number of anilines is 3. The summed E-state index contributed by atoms with van der Waals surface area (Å²) in [6, 6.07) is 7.93. The predicted octanol–water partition coefficient (Wildman–Crippen LogP) is 5.40. The van der Waals surface area contributed by atoms with Crippen LogP contribution in [0.3, 0.4) is 0 Å². The number of amides is 1. The Kier molecular flexibility index (Phi) is 7.59. The summed E-state index contributed by atoms with van der Waals surface area (Å²) in [7, 11) is 3.86. The van der Waals surface area contributed by atoms with Crippen molar-refractivity contribution in [2.45, 2.75) is 19.3 Å². The first-order chi connectivity index (χ1) is 16.4. The van der Waals surface area contributed by atoms with Gasteiger partial charge in [-0.05, 0) is 57.1 Å². The lowest BCUT2D eigenvalue weighted by atomic mass is 9.86. The predicted molar refractivity (Wildman–Crippen MR) is 133 cm³/mol. The fourth-order valence-corrected chi connectivity index (χ4v) is 3.70. The largest absolute Gasteiger partial charge is 0.491 e. The van der Waals surface area contributed by atoms with Crippen molar-refractivity contribution in [3.05, 3.63) is 59.7 Å². The monoisotopic (exact) mass is 483 g/mol. The molecule has 178 valence electrons. The van der Waals surface area contributed by atoms with Crippen LogP contribution in [0, 0.1) is 11.7 Å². The van der Waals surface area contributed by atoms with Gasteiger partial charge in [0.25, 0.3) is 0 Å². The number of rotatable bonds is 9. The van der Waals surface area contributed by atoms with Crippen LogP contribution in [0.5, 0.6) is 5.75 Å². The summed E-state index contributed by atoms with van der Waals surface area (Å²) in [4.78, 5) is 23.2. The Hall–Kier alpha value is -3.23. The van der Waals surface area contributed by atoms with E-state index >= 15 is 0 Å². The van der Waals surface area contributed by atoms with Crippen LogP contribution < -0.4 is 15.4 Å². The molecular weight excluding hydrogens is 457 g/mol. The van der Waals surface area contributed by atoms with Gasteiger partial charge in [0.05, 0.1) is 22.8 Å². The van der Waals surface area contributed by atoms with Gasteiger partial charge >= 0.3 is 0 Å². The minimum Gasteiger partial charge on any atom is -0.491 e. The van der Waals surface area contributed by atoms with E-state index in [4.69, 9.17) is 16.3 Å². The molecule has 0 atom stereocenters. The number of ether oxygens (including phenoxy) is 1. The highest BCUT2D eigenvalue weighted by atomic mass is 35.5. The third kappa shape index (κ3) is 6.01. The SMILES string of the molecule is CN(C)C/C=C/C(=O)Nc1cc2c(Nc3ccc(F)c(Cl)c3)ncnc2cc1OCC1CCC1. The zero-order valence-electron chi connectivity index (χ0n) is 19.1. The van der Waals surface area contributed by atoms with E-state index in [1.165, 1.54) is 31.0 Å². The van der Waals surface area contributed by atoms with E-state index in [1.54, 1.807) is 24.3 Å². The van der Waals surface area contributed by atoms with Gasteiger partial charge < -0.3 is 20.3 Å². The molecule has 1 saturated carbocycles. The normalized spacial score (nSPS) is 13.9. The summed E-state index contributed by atoms with van der Waals surface area (Å²) in [5.74, 6) is 0.830. The smallest absolute Gasteiger partial charge is 0.248 e. The fraction of sp³-hybridized carbons (Fsp3) is 0.320. The maximum atomic E-state index is 13.6. The molecule has 0 spiro atoms. The number of hydrogen-bond donors (Lipinski definition) is 2. The summed E-state index contributed by atoms with van der Waals surface area (Å²) < 4.78 is 19.6. The molecule has 9 heteroatoms. The van der Waals surface area contributed by atoms with Gasteiger partial charge in [0.15, 0.2) is 0 Å². The molecule has 0 bridgehead atoms. The van der Waals surface area contributed by atoms with Crippen LogP contribution in [-0.2, 0) is 4.79 Å². The van der Waals surface area contributed by atoms with E-state index in [2.05, 4.69) is 20.6 Å². The Morgan fingerprint density at radius 2 is 2.09 bits per heavy atom. The van der Waals surface area contributed by atoms with E-state index in [1.807, 2.05) is 19.0 Å². The maximum absolute atomic E-state index is 13.6. The average Bonchev–Trinajstić information content (AvgIpc) is 2.75. The van der Waals surface area contributed by atoms with Gasteiger partial charge in [-0.15, -0.1) is 0 Å². The summed E-state index contributed by atoms with van der Waals surface area (Å²) in [6.45, 7) is 1.24. The first-order valence-electron chi connectivity index (χ1n) is 11.1. The number of nitrogens with one attached hydrogen (secondary N) is 2. The number of halogens is 2. The van der Waals surface area contributed by atoms with Crippen LogP contribution in [-0.4, -0.2) is 48.0 Å². The summed E-state index contributed by atoms with van der Waals surface area (Å²) in [6.07, 6.45) is 8.26. The number of nitrogens with zero attached hydrogens (tertiary/aromatic N) is 3. The maximum Gasteiger partial charge on any atom is 0.248 e. The Labute approximate surface area is 203 Å². The topological polar surface area (TPSA) is 79.4 Å². The quantitative estimate of drug-likeness (QED) is 0.397. The molecule has 1 aliphatic rings. The van der Waals surface area contributed by atoms with Gasteiger partial charge in [0, 0.05) is 29.8 Å². The Morgan fingerprint density at radius 1 is 1.26 bits per heavy atom. The van der Waals surface area contributed by atoms with E-state index < -0.39 is 5.82 Å². The van der Waals surface area contributed by atoms with Crippen LogP contribution >= 0.6 is 11.6 Å². The lowest BCUT2D eigenvalue weighted by Gasteiger charge is -2.25. The number of likely N-dealkylation sites (N-methyl/N-ethyl adjacent to an activating group) is 1. The van der Waals surface area contributed by atoms with Gasteiger partial charge in [-0.3, -0.25) is 4.79 Å². The van der Waals surface area contributed by atoms with Crippen molar-refractivity contribution in [2.24, 2.45) is 5.92 Å². The molecule has 0 radical (unpaired) electrons. The first-order valence-corrected chi connectivity index (χ1v) is 11.5. The van der Waals surface area contributed by atoms with Crippen molar-refractivity contribution in [2.75, 3.05) is 37.9 Å². The lowest BCUT2D eigenvalue weighted by Crippen LogP contribution is -2.20. The van der Waals surface area contributed by atoms with Crippen molar-refractivity contribution in [3.8, 4) is 5.75 Å². The van der Waals surface area contributed by atoms with Gasteiger partial charge in [-0.2, -0.15) is 0 Å². The highest BCUT2D eigenvalue weighted by Crippen LogP contribution is 2.35. The van der Waals surface area contributed by atoms with Gasteiger partial charge in [0.1, 0.15) is 23.7 Å². The second-order valence-electron chi connectivity index (χ2n) is 8.60. The summed E-state index contributed by atoms with van der Waals surface area (Å²) >= 11 is 5.92. The zero-order chi connectivity index (χ0) is 24.1. The van der Waals surface area contributed by atoms with Crippen LogP contribution in [0.1, 0.15) is 19.3 Å². The standard InChI is InChI=1S/C25H27ClFN5O2/c1-32(2)10-4-7-24(33)31-22-12-18-21(13-23(22)34-14-16-5-3-6-16)28-15-29-25(18)30-17-8-9-20(27)19(26)11-17/h4,7-9,11-13,15-16H,3,5-6,10,14H2,1-2H3,(H,31,33)(H,28,29,30)/b7-4+. The third-order valence-electron chi connectivity index (χ3n) is 5.62. The Balaban J connectivity index is 1.65. The van der Waals surface area contributed by atoms with E-state index in [0.717, 1.165) is 12.8 Å². The van der Waals surface area contributed by atoms with Crippen LogP contribution in [0.15, 0.2) is 48.8 Å². The second-order valence-corrected chi connectivity index (χ2v) is 9.01. The highest BCUT2D eigenvalue weighted by molar-refractivity contribution is 6.31. The number of hydrogen-bond acceptors (Lipinski definition) is 6. The highest BCUT2D eigenvalue weighted by Gasteiger charge is 2.20. The Morgan fingerprint density at radius 3 is 2.79 bits per heavy atom. The van der Waals surface area contributed by atoms with Crippen molar-refractivity contribution in [3.63, 3.8) is 0 Å². The molecule has 4 rings (SSSR count). The van der Waals surface area contributed by atoms with Crippen molar-refractivity contribution in [1.82, 2.24) is 14.9 Å². The molecule has 2 N–H and O–H groups in total. The minimum absolute atomic E-state index is 0.00695. The molecule has 1 heterocycles. The van der Waals surface area contributed by atoms with Crippen LogP contribution in [0.25, 0.3) is 10.9 Å². The molecule has 3 aromatic rings. The second kappa shape index (κ2) is 10.8. The lowest BCUT2D eigenvalue weighted by molar-refractivity contribution is -0.111. The van der Waals surface area contributed by atoms with Crippen molar-refractivity contribution in [1.29, 1.82) is 0 Å². The minimum atomic E-state index is -0.500. The molecule has 34 heavy (non-hydrogen) atoms. The molecule has 7 nitrogen and oxygen atoms in total. The molecule has 1 aromatic heterocycles. The molecule has 1 amide bonds. The molecule has 1 fully saturated rings. The first kappa shape index (κ1) is 23.9. The van der Waals surface area contributed by atoms with E-state index in [-0.39, 0.29) is 10.9 Å². The number of fused-ring (bicyclic) bond motifs is 1. The molecule has 1 aliphatic carbocycles. The molecule has 2 aromatic carbocycles.